The number of halogens is 1. The van der Waals surface area contributed by atoms with Gasteiger partial charge >= 0.3 is 0 Å². The van der Waals surface area contributed by atoms with E-state index in [9.17, 15) is 4.39 Å². The maximum atomic E-state index is 12.8. The van der Waals surface area contributed by atoms with Crippen LogP contribution in [0.3, 0.4) is 0 Å². The van der Waals surface area contributed by atoms with E-state index in [0.717, 1.165) is 29.3 Å². The highest BCUT2D eigenvalue weighted by atomic mass is 19.1. The molecule has 1 aromatic heterocycles. The second-order valence-corrected chi connectivity index (χ2v) is 4.25. The maximum Gasteiger partial charge on any atom is 0.133 e. The zero-order valence-corrected chi connectivity index (χ0v) is 10.6. The van der Waals surface area contributed by atoms with Crippen LogP contribution in [0.15, 0.2) is 30.3 Å². The fourth-order valence-electron chi connectivity index (χ4n) is 1.84. The Hall–Kier alpha value is -1.81. The molecule has 0 saturated heterocycles. The van der Waals surface area contributed by atoms with Crippen LogP contribution < -0.4 is 5.32 Å². The molecule has 1 aromatic carbocycles. The average Bonchev–Trinajstić information content (AvgIpc) is 2.32. The van der Waals surface area contributed by atoms with Crippen molar-refractivity contribution in [2.45, 2.75) is 19.9 Å². The van der Waals surface area contributed by atoms with Crippen molar-refractivity contribution >= 4 is 0 Å². The Labute approximate surface area is 106 Å². The predicted molar refractivity (Wildman–Crippen MR) is 68.7 cm³/mol. The van der Waals surface area contributed by atoms with Gasteiger partial charge in [-0.25, -0.2) is 14.4 Å². The molecule has 2 aromatic rings. The van der Waals surface area contributed by atoms with Gasteiger partial charge in [-0.2, -0.15) is 0 Å². The van der Waals surface area contributed by atoms with Gasteiger partial charge in [-0.15, -0.1) is 0 Å². The zero-order chi connectivity index (χ0) is 13.0. The third-order valence-electron chi connectivity index (χ3n) is 2.59. The molecule has 0 saturated carbocycles. The first-order chi connectivity index (χ1) is 8.67. The van der Waals surface area contributed by atoms with Gasteiger partial charge in [0.2, 0.25) is 0 Å². The van der Waals surface area contributed by atoms with Crippen LogP contribution in [0.5, 0.6) is 0 Å². The van der Waals surface area contributed by atoms with Gasteiger partial charge in [0.15, 0.2) is 0 Å². The number of aromatic nitrogens is 2. The third-order valence-corrected chi connectivity index (χ3v) is 2.59. The van der Waals surface area contributed by atoms with Gasteiger partial charge in [0.1, 0.15) is 11.6 Å². The number of rotatable bonds is 4. The second-order valence-electron chi connectivity index (χ2n) is 4.25. The van der Waals surface area contributed by atoms with Crippen LogP contribution in [0.1, 0.15) is 22.8 Å². The molecule has 0 spiro atoms. The van der Waals surface area contributed by atoms with E-state index < -0.39 is 0 Å². The quantitative estimate of drug-likeness (QED) is 0.897. The highest BCUT2D eigenvalue weighted by molar-refractivity contribution is 5.21. The lowest BCUT2D eigenvalue weighted by molar-refractivity contribution is 0.627. The molecule has 94 valence electrons. The van der Waals surface area contributed by atoms with Gasteiger partial charge in [-0.05, 0) is 37.7 Å². The summed E-state index contributed by atoms with van der Waals surface area (Å²) in [4.78, 5) is 8.87. The van der Waals surface area contributed by atoms with E-state index in [1.807, 2.05) is 20.0 Å². The smallest absolute Gasteiger partial charge is 0.133 e. The first kappa shape index (κ1) is 12.6. The molecule has 18 heavy (non-hydrogen) atoms. The molecule has 2 rings (SSSR count). The van der Waals surface area contributed by atoms with Gasteiger partial charge < -0.3 is 5.32 Å². The van der Waals surface area contributed by atoms with Crippen molar-refractivity contribution in [3.63, 3.8) is 0 Å². The molecule has 1 heterocycles. The van der Waals surface area contributed by atoms with Crippen molar-refractivity contribution in [2.75, 3.05) is 7.05 Å². The standard InChI is InChI=1S/C14H16FN3/c1-10-7-13(9-16-2)18-14(17-10)8-11-3-5-12(15)6-4-11/h3-7,16H,8-9H2,1-2H3. The minimum Gasteiger partial charge on any atom is -0.314 e. The summed E-state index contributed by atoms with van der Waals surface area (Å²) < 4.78 is 12.8. The van der Waals surface area contributed by atoms with E-state index >= 15 is 0 Å². The van der Waals surface area contributed by atoms with Crippen LogP contribution in [0, 0.1) is 12.7 Å². The van der Waals surface area contributed by atoms with Crippen LogP contribution in [0.2, 0.25) is 0 Å². The molecule has 3 nitrogen and oxygen atoms in total. The van der Waals surface area contributed by atoms with Crippen LogP contribution in [-0.2, 0) is 13.0 Å². The highest BCUT2D eigenvalue weighted by Gasteiger charge is 2.03. The van der Waals surface area contributed by atoms with Crippen LogP contribution in [0.4, 0.5) is 4.39 Å². The van der Waals surface area contributed by atoms with Crippen LogP contribution in [0.25, 0.3) is 0 Å². The molecule has 0 radical (unpaired) electrons. The van der Waals surface area contributed by atoms with E-state index in [0.29, 0.717) is 6.42 Å². The minimum absolute atomic E-state index is 0.222. The number of hydrogen-bond acceptors (Lipinski definition) is 3. The summed E-state index contributed by atoms with van der Waals surface area (Å²) >= 11 is 0. The molecule has 0 aliphatic rings. The van der Waals surface area contributed by atoms with Crippen molar-refractivity contribution in [3.8, 4) is 0 Å². The summed E-state index contributed by atoms with van der Waals surface area (Å²) in [6.45, 7) is 2.68. The Morgan fingerprint density at radius 2 is 1.89 bits per heavy atom. The molecule has 0 fully saturated rings. The van der Waals surface area contributed by atoms with E-state index in [2.05, 4.69) is 15.3 Å². The number of aryl methyl sites for hydroxylation is 1. The topological polar surface area (TPSA) is 37.8 Å². The zero-order valence-electron chi connectivity index (χ0n) is 10.6. The lowest BCUT2D eigenvalue weighted by atomic mass is 10.1. The molecule has 0 bridgehead atoms. The Morgan fingerprint density at radius 3 is 2.56 bits per heavy atom. The van der Waals surface area contributed by atoms with E-state index in [4.69, 9.17) is 0 Å². The summed E-state index contributed by atoms with van der Waals surface area (Å²) in [6.07, 6.45) is 0.624. The molecule has 0 atom stereocenters. The fourth-order valence-corrected chi connectivity index (χ4v) is 1.84. The van der Waals surface area contributed by atoms with Crippen molar-refractivity contribution in [1.29, 1.82) is 0 Å². The summed E-state index contributed by atoms with van der Waals surface area (Å²) in [6, 6.07) is 8.40. The van der Waals surface area contributed by atoms with Gasteiger partial charge in [0, 0.05) is 18.7 Å². The molecule has 4 heteroatoms. The average molecular weight is 245 g/mol. The van der Waals surface area contributed by atoms with Gasteiger partial charge in [-0.1, -0.05) is 12.1 Å². The van der Waals surface area contributed by atoms with E-state index in [-0.39, 0.29) is 5.82 Å². The number of hydrogen-bond donors (Lipinski definition) is 1. The monoisotopic (exact) mass is 245 g/mol. The van der Waals surface area contributed by atoms with Crippen molar-refractivity contribution in [1.82, 2.24) is 15.3 Å². The SMILES string of the molecule is CNCc1cc(C)nc(Cc2ccc(F)cc2)n1. The van der Waals surface area contributed by atoms with Crippen LogP contribution >= 0.6 is 0 Å². The first-order valence-corrected chi connectivity index (χ1v) is 5.90. The third kappa shape index (κ3) is 3.34. The van der Waals surface area contributed by atoms with Crippen molar-refractivity contribution < 1.29 is 4.39 Å². The molecule has 1 N–H and O–H groups in total. The van der Waals surface area contributed by atoms with E-state index in [1.54, 1.807) is 12.1 Å². The van der Waals surface area contributed by atoms with Gasteiger partial charge in [-0.3, -0.25) is 0 Å². The largest absolute Gasteiger partial charge is 0.314 e. The fraction of sp³-hybridized carbons (Fsp3) is 0.286. The Balaban J connectivity index is 2.20. The highest BCUT2D eigenvalue weighted by Crippen LogP contribution is 2.09. The Bertz CT molecular complexity index is 523. The Kier molecular flexibility index (Phi) is 3.99. The number of nitrogens with one attached hydrogen (secondary N) is 1. The first-order valence-electron chi connectivity index (χ1n) is 5.90. The van der Waals surface area contributed by atoms with Crippen molar-refractivity contribution in [3.05, 3.63) is 58.9 Å². The van der Waals surface area contributed by atoms with Crippen LogP contribution in [-0.4, -0.2) is 17.0 Å². The molecule has 0 aliphatic heterocycles. The molecule has 0 amide bonds. The molecular formula is C14H16FN3. The number of benzene rings is 1. The normalized spacial score (nSPS) is 10.6. The maximum absolute atomic E-state index is 12.8. The summed E-state index contributed by atoms with van der Waals surface area (Å²) in [7, 11) is 1.89. The van der Waals surface area contributed by atoms with Gasteiger partial charge in [0.25, 0.3) is 0 Å². The number of nitrogens with zero attached hydrogens (tertiary/aromatic N) is 2. The second kappa shape index (κ2) is 5.69. The molecule has 0 unspecified atom stereocenters. The molecular weight excluding hydrogens is 229 g/mol. The Morgan fingerprint density at radius 1 is 1.17 bits per heavy atom. The predicted octanol–water partition coefficient (Wildman–Crippen LogP) is 2.23. The summed E-state index contributed by atoms with van der Waals surface area (Å²) in [5.41, 5.74) is 2.94. The summed E-state index contributed by atoms with van der Waals surface area (Å²) in [5.74, 6) is 0.548. The van der Waals surface area contributed by atoms with E-state index in [1.165, 1.54) is 12.1 Å². The van der Waals surface area contributed by atoms with Crippen molar-refractivity contribution in [2.24, 2.45) is 0 Å². The molecule has 0 aliphatic carbocycles. The lowest BCUT2D eigenvalue weighted by Crippen LogP contribution is -2.10. The summed E-state index contributed by atoms with van der Waals surface area (Å²) in [5, 5.41) is 3.07. The van der Waals surface area contributed by atoms with Gasteiger partial charge in [0.05, 0.1) is 5.69 Å². The minimum atomic E-state index is -0.222. The lowest BCUT2D eigenvalue weighted by Gasteiger charge is -2.06.